The Balaban J connectivity index is 2.23. The Labute approximate surface area is 127 Å². The molecule has 0 aliphatic carbocycles. The van der Waals surface area contributed by atoms with Crippen LogP contribution < -0.4 is 15.0 Å². The van der Waals surface area contributed by atoms with Crippen LogP contribution in [-0.4, -0.2) is 21.2 Å². The predicted octanol–water partition coefficient (Wildman–Crippen LogP) is 4.24. The molecule has 1 atom stereocenters. The highest BCUT2D eigenvalue weighted by atomic mass is 16.5. The zero-order chi connectivity index (χ0) is 15.4. The lowest BCUT2D eigenvalue weighted by atomic mass is 10.0. The van der Waals surface area contributed by atoms with Crippen molar-refractivity contribution in [2.45, 2.75) is 19.9 Å². The van der Waals surface area contributed by atoms with Gasteiger partial charge in [0, 0.05) is 31.0 Å². The fourth-order valence-electron chi connectivity index (χ4n) is 2.39. The Hall–Kier alpha value is -2.16. The second kappa shape index (κ2) is 6.53. The van der Waals surface area contributed by atoms with E-state index < -0.39 is 0 Å². The summed E-state index contributed by atoms with van der Waals surface area (Å²) in [5.41, 5.74) is 4.70. The van der Waals surface area contributed by atoms with Gasteiger partial charge in [0.15, 0.2) is 0 Å². The summed E-state index contributed by atoms with van der Waals surface area (Å²) in [6.45, 7) is 4.25. The van der Waals surface area contributed by atoms with Crippen LogP contribution in [0.25, 0.3) is 0 Å². The molecule has 21 heavy (non-hydrogen) atoms. The Morgan fingerprint density at radius 2 is 1.86 bits per heavy atom. The maximum absolute atomic E-state index is 5.47. The minimum atomic E-state index is 0.178. The summed E-state index contributed by atoms with van der Waals surface area (Å²) >= 11 is 0. The van der Waals surface area contributed by atoms with E-state index in [0.717, 1.165) is 11.4 Å². The summed E-state index contributed by atoms with van der Waals surface area (Å²) in [6.07, 6.45) is 0. The third-order valence-electron chi connectivity index (χ3n) is 3.60. The molecule has 0 radical (unpaired) electrons. The van der Waals surface area contributed by atoms with Gasteiger partial charge in [-0.15, -0.1) is 0 Å². The summed E-state index contributed by atoms with van der Waals surface area (Å²) in [4.78, 5) is 2.10. The quantitative estimate of drug-likeness (QED) is 0.888. The van der Waals surface area contributed by atoms with Crippen LogP contribution in [0.15, 0.2) is 42.5 Å². The highest BCUT2D eigenvalue weighted by Gasteiger charge is 2.12. The van der Waals surface area contributed by atoms with Gasteiger partial charge in [-0.05, 0) is 38.1 Å². The molecule has 112 valence electrons. The van der Waals surface area contributed by atoms with Gasteiger partial charge in [0.2, 0.25) is 0 Å². The van der Waals surface area contributed by atoms with Crippen molar-refractivity contribution in [2.75, 3.05) is 31.4 Å². The first-order valence-corrected chi connectivity index (χ1v) is 7.19. The molecule has 0 spiro atoms. The molecular weight excluding hydrogens is 260 g/mol. The van der Waals surface area contributed by atoms with E-state index in [1.807, 2.05) is 20.2 Å². The molecule has 1 unspecified atom stereocenters. The monoisotopic (exact) mass is 284 g/mol. The van der Waals surface area contributed by atoms with E-state index in [4.69, 9.17) is 4.74 Å². The normalized spacial score (nSPS) is 11.9. The number of hydrogen-bond acceptors (Lipinski definition) is 3. The van der Waals surface area contributed by atoms with Crippen molar-refractivity contribution in [3.63, 3.8) is 0 Å². The van der Waals surface area contributed by atoms with Crippen LogP contribution in [0.3, 0.4) is 0 Å². The highest BCUT2D eigenvalue weighted by Crippen LogP contribution is 2.29. The van der Waals surface area contributed by atoms with E-state index in [9.17, 15) is 0 Å². The summed E-state index contributed by atoms with van der Waals surface area (Å²) < 4.78 is 5.47. The van der Waals surface area contributed by atoms with Crippen LogP contribution in [0.2, 0.25) is 0 Å². The lowest BCUT2D eigenvalue weighted by Crippen LogP contribution is -2.11. The maximum Gasteiger partial charge on any atom is 0.124 e. The molecule has 0 fully saturated rings. The fraction of sp³-hybridized carbons (Fsp3) is 0.333. The van der Waals surface area contributed by atoms with Gasteiger partial charge in [-0.3, -0.25) is 0 Å². The van der Waals surface area contributed by atoms with E-state index in [1.165, 1.54) is 16.8 Å². The zero-order valence-electron chi connectivity index (χ0n) is 13.5. The molecule has 2 aromatic carbocycles. The lowest BCUT2D eigenvalue weighted by Gasteiger charge is -2.20. The minimum absolute atomic E-state index is 0.178. The molecule has 3 heteroatoms. The van der Waals surface area contributed by atoms with Crippen molar-refractivity contribution in [3.8, 4) is 5.75 Å². The van der Waals surface area contributed by atoms with Crippen molar-refractivity contribution >= 4 is 11.4 Å². The van der Waals surface area contributed by atoms with Crippen LogP contribution in [-0.2, 0) is 0 Å². The van der Waals surface area contributed by atoms with E-state index in [1.54, 1.807) is 7.11 Å². The predicted molar refractivity (Wildman–Crippen MR) is 90.5 cm³/mol. The second-order valence-electron chi connectivity index (χ2n) is 5.56. The molecule has 0 bridgehead atoms. The highest BCUT2D eigenvalue weighted by molar-refractivity contribution is 5.58. The van der Waals surface area contributed by atoms with Crippen molar-refractivity contribution in [2.24, 2.45) is 0 Å². The van der Waals surface area contributed by atoms with E-state index in [-0.39, 0.29) is 6.04 Å². The smallest absolute Gasteiger partial charge is 0.124 e. The summed E-state index contributed by atoms with van der Waals surface area (Å²) in [6, 6.07) is 14.9. The van der Waals surface area contributed by atoms with Crippen molar-refractivity contribution in [3.05, 3.63) is 53.6 Å². The van der Waals surface area contributed by atoms with Crippen LogP contribution in [0, 0.1) is 6.92 Å². The van der Waals surface area contributed by atoms with Gasteiger partial charge in [0.05, 0.1) is 13.2 Å². The summed E-state index contributed by atoms with van der Waals surface area (Å²) in [5.74, 6) is 0.921. The largest absolute Gasteiger partial charge is 0.496 e. The van der Waals surface area contributed by atoms with Crippen LogP contribution >= 0.6 is 0 Å². The van der Waals surface area contributed by atoms with Gasteiger partial charge in [0.1, 0.15) is 5.75 Å². The summed E-state index contributed by atoms with van der Waals surface area (Å²) in [5, 5.41) is 3.55. The number of anilines is 2. The van der Waals surface area contributed by atoms with Crippen LogP contribution in [0.5, 0.6) is 5.75 Å². The Kier molecular flexibility index (Phi) is 4.73. The molecule has 0 aliphatic heterocycles. The number of ether oxygens (including phenoxy) is 1. The molecule has 0 amide bonds. The first-order chi connectivity index (χ1) is 10.0. The third kappa shape index (κ3) is 3.69. The SMILES string of the molecule is COc1ccc(C)cc1C(C)Nc1cccc(N(C)C)c1. The first-order valence-electron chi connectivity index (χ1n) is 7.19. The average molecular weight is 284 g/mol. The molecule has 2 rings (SSSR count). The third-order valence-corrected chi connectivity index (χ3v) is 3.60. The van der Waals surface area contributed by atoms with Gasteiger partial charge in [-0.25, -0.2) is 0 Å². The van der Waals surface area contributed by atoms with Crippen LogP contribution in [0.4, 0.5) is 11.4 Å². The Bertz CT molecular complexity index is 608. The molecular formula is C18H24N2O. The molecule has 0 aromatic heterocycles. The zero-order valence-corrected chi connectivity index (χ0v) is 13.5. The van der Waals surface area contributed by atoms with Gasteiger partial charge >= 0.3 is 0 Å². The van der Waals surface area contributed by atoms with Crippen molar-refractivity contribution in [1.29, 1.82) is 0 Å². The number of rotatable bonds is 5. The number of nitrogens with one attached hydrogen (secondary N) is 1. The van der Waals surface area contributed by atoms with Gasteiger partial charge in [-0.2, -0.15) is 0 Å². The van der Waals surface area contributed by atoms with Crippen molar-refractivity contribution in [1.82, 2.24) is 0 Å². The van der Waals surface area contributed by atoms with Gasteiger partial charge in [-0.1, -0.05) is 23.8 Å². The topological polar surface area (TPSA) is 24.5 Å². The number of nitrogens with zero attached hydrogens (tertiary/aromatic N) is 1. The fourth-order valence-corrected chi connectivity index (χ4v) is 2.39. The van der Waals surface area contributed by atoms with Crippen molar-refractivity contribution < 1.29 is 4.74 Å². The summed E-state index contributed by atoms with van der Waals surface area (Å²) in [7, 11) is 5.81. The number of benzene rings is 2. The van der Waals surface area contributed by atoms with Gasteiger partial charge < -0.3 is 15.0 Å². The molecule has 0 saturated carbocycles. The Morgan fingerprint density at radius 3 is 2.52 bits per heavy atom. The number of hydrogen-bond donors (Lipinski definition) is 1. The van der Waals surface area contributed by atoms with E-state index in [0.29, 0.717) is 0 Å². The molecule has 2 aromatic rings. The number of aryl methyl sites for hydroxylation is 1. The van der Waals surface area contributed by atoms with Gasteiger partial charge in [0.25, 0.3) is 0 Å². The second-order valence-corrected chi connectivity index (χ2v) is 5.56. The molecule has 1 N–H and O–H groups in total. The lowest BCUT2D eigenvalue weighted by molar-refractivity contribution is 0.408. The molecule has 0 saturated heterocycles. The molecule has 0 heterocycles. The minimum Gasteiger partial charge on any atom is -0.496 e. The average Bonchev–Trinajstić information content (AvgIpc) is 2.47. The maximum atomic E-state index is 5.47. The Morgan fingerprint density at radius 1 is 1.10 bits per heavy atom. The van der Waals surface area contributed by atoms with E-state index >= 15 is 0 Å². The standard InChI is InChI=1S/C18H24N2O/c1-13-9-10-18(21-5)17(11-13)14(2)19-15-7-6-8-16(12-15)20(3)4/h6-12,14,19H,1-5H3. The van der Waals surface area contributed by atoms with E-state index in [2.05, 4.69) is 60.5 Å². The first kappa shape index (κ1) is 15.2. The molecule has 0 aliphatic rings. The molecule has 3 nitrogen and oxygen atoms in total. The van der Waals surface area contributed by atoms with Crippen LogP contribution in [0.1, 0.15) is 24.1 Å². The number of methoxy groups -OCH3 is 1.